The summed E-state index contributed by atoms with van der Waals surface area (Å²) in [6.07, 6.45) is 5.41. The predicted molar refractivity (Wildman–Crippen MR) is 240 cm³/mol. The number of para-hydroxylation sites is 1. The highest BCUT2D eigenvalue weighted by molar-refractivity contribution is 7.87. The minimum atomic E-state index is -4.22. The van der Waals surface area contributed by atoms with Crippen LogP contribution in [0.2, 0.25) is 0 Å². The number of aromatic nitrogens is 3. The van der Waals surface area contributed by atoms with Gasteiger partial charge in [-0.3, -0.25) is 19.0 Å². The van der Waals surface area contributed by atoms with E-state index in [4.69, 9.17) is 19.4 Å². The third-order valence-corrected chi connectivity index (χ3v) is 13.9. The highest BCUT2D eigenvalue weighted by Gasteiger charge is 2.62. The van der Waals surface area contributed by atoms with Gasteiger partial charge in [0.05, 0.1) is 17.8 Å². The van der Waals surface area contributed by atoms with Crippen LogP contribution in [0.1, 0.15) is 96.9 Å². The van der Waals surface area contributed by atoms with E-state index in [9.17, 15) is 36.4 Å². The summed E-state index contributed by atoms with van der Waals surface area (Å²) < 4.78 is 70.6. The van der Waals surface area contributed by atoms with Gasteiger partial charge < -0.3 is 25.0 Å². The summed E-state index contributed by atoms with van der Waals surface area (Å²) in [7, 11) is -1.66. The fourth-order valence-corrected chi connectivity index (χ4v) is 9.79. The molecule has 1 saturated carbocycles. The second-order valence-electron chi connectivity index (χ2n) is 18.4. The maximum atomic E-state index is 14.7. The molecule has 2 aliphatic heterocycles. The van der Waals surface area contributed by atoms with Crippen molar-refractivity contribution < 1.29 is 45.9 Å². The number of fused-ring (bicyclic) bond motifs is 3. The van der Waals surface area contributed by atoms with Crippen LogP contribution in [0, 0.1) is 17.6 Å². The maximum Gasteiger partial charge on any atom is 0.408 e. The molecule has 4 heterocycles. The Morgan fingerprint density at radius 1 is 1.08 bits per heavy atom. The van der Waals surface area contributed by atoms with Crippen LogP contribution in [0.3, 0.4) is 0 Å². The molecule has 65 heavy (non-hydrogen) atoms. The Hall–Kier alpha value is -5.47. The molecule has 3 N–H and O–H groups in total. The van der Waals surface area contributed by atoms with E-state index in [2.05, 4.69) is 15.4 Å². The minimum absolute atomic E-state index is 0.0321. The average Bonchev–Trinajstić information content (AvgIpc) is 3.52. The van der Waals surface area contributed by atoms with Crippen LogP contribution in [-0.2, 0) is 35.8 Å². The topological polar surface area (TPSA) is 194 Å². The number of carbonyl (C=O) groups is 4. The van der Waals surface area contributed by atoms with Crippen LogP contribution in [0.25, 0.3) is 21.6 Å². The molecule has 4 amide bonds. The average molecular weight is 939 g/mol. The van der Waals surface area contributed by atoms with Crippen LogP contribution in [0.5, 0.6) is 6.01 Å². The summed E-state index contributed by atoms with van der Waals surface area (Å²) in [4.78, 5) is 67.4. The van der Waals surface area contributed by atoms with Gasteiger partial charge in [0, 0.05) is 55.9 Å². The van der Waals surface area contributed by atoms with Crippen LogP contribution >= 0.6 is 11.3 Å². The number of rotatable bonds is 10. The van der Waals surface area contributed by atoms with Crippen molar-refractivity contribution in [1.29, 1.82) is 0 Å². The van der Waals surface area contributed by atoms with E-state index in [1.54, 1.807) is 20.8 Å². The molecule has 3 aliphatic rings. The zero-order chi connectivity index (χ0) is 47.0. The molecule has 1 saturated heterocycles. The molecule has 16 nitrogen and oxygen atoms in total. The van der Waals surface area contributed by atoms with Crippen molar-refractivity contribution in [1.82, 2.24) is 39.1 Å². The molecule has 7 rings (SSSR count). The first-order valence-corrected chi connectivity index (χ1v) is 24.1. The van der Waals surface area contributed by atoms with Gasteiger partial charge in [0.1, 0.15) is 51.5 Å². The first-order chi connectivity index (χ1) is 30.6. The quantitative estimate of drug-likeness (QED) is 0.155. The van der Waals surface area contributed by atoms with Crippen molar-refractivity contribution >= 4 is 56.4 Å². The third kappa shape index (κ3) is 10.8. The highest BCUT2D eigenvalue weighted by Crippen LogP contribution is 2.46. The van der Waals surface area contributed by atoms with Crippen molar-refractivity contribution in [3.8, 4) is 16.6 Å². The zero-order valence-corrected chi connectivity index (χ0v) is 39.2. The van der Waals surface area contributed by atoms with Crippen molar-refractivity contribution in [2.75, 3.05) is 20.6 Å². The Morgan fingerprint density at radius 2 is 1.82 bits per heavy atom. The van der Waals surface area contributed by atoms with Gasteiger partial charge in [-0.2, -0.15) is 17.7 Å². The van der Waals surface area contributed by atoms with Gasteiger partial charge in [-0.25, -0.2) is 23.3 Å². The normalized spacial score (nSPS) is 23.6. The standard InChI is InChI=1S/C45H56F2N8O8S2/c1-26(2)55-35-17-13-15-33(39-48-31(25-64-39)20-27-18-29(46)21-30(47)19-27)37(35)50-42(55)62-32-22-36-38(56)51-45(41(58)52-65(60,61)53(6)7)23-28(45)14-11-9-8-10-12-16-34(40(57)54(36)24-32)49-43(59)63-44(3,4)5/h11,13-15,17-19,21,25-26,28,32,34,36H,8-10,12,16,20,22-24H2,1-7H3,(H,49,59)(H,51,56)(H,52,58)/b14-11-/t28-,32+,34-,36-,45+/m0/s1. The summed E-state index contributed by atoms with van der Waals surface area (Å²) in [6, 6.07) is 6.78. The number of allylic oxidation sites excluding steroid dienone is 1. The lowest BCUT2D eigenvalue weighted by molar-refractivity contribution is -0.141. The Morgan fingerprint density at radius 3 is 2.51 bits per heavy atom. The molecule has 0 unspecified atom stereocenters. The first kappa shape index (κ1) is 47.5. The number of thiazole rings is 1. The molecule has 0 radical (unpaired) electrons. The van der Waals surface area contributed by atoms with E-state index in [0.717, 1.165) is 28.7 Å². The number of carbonyl (C=O) groups excluding carboxylic acids is 4. The lowest BCUT2D eigenvalue weighted by atomic mass is 10.0. The van der Waals surface area contributed by atoms with Crippen LogP contribution in [0.4, 0.5) is 13.6 Å². The monoisotopic (exact) mass is 938 g/mol. The lowest BCUT2D eigenvalue weighted by Crippen LogP contribution is -2.58. The van der Waals surface area contributed by atoms with Gasteiger partial charge >= 0.3 is 16.3 Å². The smallest absolute Gasteiger partial charge is 0.408 e. The summed E-state index contributed by atoms with van der Waals surface area (Å²) >= 11 is 1.36. The number of hydrogen-bond donors (Lipinski definition) is 3. The molecule has 2 aromatic carbocycles. The molecule has 0 bridgehead atoms. The SMILES string of the molecule is CC(C)n1c(O[C@@H]2C[C@H]3C(=O)N[C@]4(C(=O)NS(=O)(=O)N(C)C)C[C@@H]4/C=C\CCCCC[C@H](NC(=O)OC(C)(C)C)C(=O)N3C2)nc2c(-c3nc(Cc4cc(F)cc(F)c4)cs3)cccc21. The number of alkyl carbamates (subject to hydrolysis) is 1. The van der Waals surface area contributed by atoms with E-state index in [0.29, 0.717) is 40.2 Å². The van der Waals surface area contributed by atoms with Crippen LogP contribution < -0.4 is 20.1 Å². The van der Waals surface area contributed by atoms with E-state index in [1.807, 2.05) is 54.1 Å². The van der Waals surface area contributed by atoms with Crippen molar-refractivity contribution in [3.63, 3.8) is 0 Å². The number of amides is 4. The lowest BCUT2D eigenvalue weighted by Gasteiger charge is -2.30. The van der Waals surface area contributed by atoms with Crippen molar-refractivity contribution in [3.05, 3.63) is 76.8 Å². The van der Waals surface area contributed by atoms with Gasteiger partial charge in [-0.15, -0.1) is 11.3 Å². The van der Waals surface area contributed by atoms with E-state index in [1.165, 1.54) is 42.5 Å². The first-order valence-electron chi connectivity index (χ1n) is 21.7. The summed E-state index contributed by atoms with van der Waals surface area (Å²) in [5, 5.41) is 8.05. The molecule has 20 heteroatoms. The molecule has 2 fully saturated rings. The van der Waals surface area contributed by atoms with Crippen molar-refractivity contribution in [2.24, 2.45) is 5.92 Å². The minimum Gasteiger partial charge on any atom is -0.459 e. The largest absolute Gasteiger partial charge is 0.459 e. The molecule has 5 atom stereocenters. The fourth-order valence-electron chi connectivity index (χ4n) is 8.35. The molecular formula is C45H56F2N8O8S2. The number of nitrogens with zero attached hydrogens (tertiary/aromatic N) is 5. The Kier molecular flexibility index (Phi) is 13.7. The number of benzene rings is 2. The van der Waals surface area contributed by atoms with Crippen LogP contribution in [0.15, 0.2) is 53.9 Å². The molecule has 350 valence electrons. The fraction of sp³-hybridized carbons (Fsp3) is 0.511. The summed E-state index contributed by atoms with van der Waals surface area (Å²) in [5.41, 5.74) is 0.612. The van der Waals surface area contributed by atoms with Gasteiger partial charge in [0.2, 0.25) is 11.8 Å². The van der Waals surface area contributed by atoms with Gasteiger partial charge in [0.15, 0.2) is 0 Å². The van der Waals surface area contributed by atoms with Gasteiger partial charge in [-0.05, 0) is 90.1 Å². The van der Waals surface area contributed by atoms with E-state index < -0.39 is 80.9 Å². The zero-order valence-electron chi connectivity index (χ0n) is 37.5. The predicted octanol–water partition coefficient (Wildman–Crippen LogP) is 6.17. The second kappa shape index (κ2) is 18.8. The van der Waals surface area contributed by atoms with Gasteiger partial charge in [-0.1, -0.05) is 31.1 Å². The Bertz CT molecular complexity index is 2590. The second-order valence-corrected chi connectivity index (χ2v) is 21.1. The van der Waals surface area contributed by atoms with Gasteiger partial charge in [0.25, 0.3) is 11.9 Å². The molecular weight excluding hydrogens is 883 g/mol. The summed E-state index contributed by atoms with van der Waals surface area (Å²) in [6.45, 7) is 8.97. The third-order valence-electron chi connectivity index (χ3n) is 11.6. The van der Waals surface area contributed by atoms with E-state index in [-0.39, 0.29) is 44.3 Å². The number of imidazole rings is 1. The molecule has 1 aliphatic carbocycles. The number of nitrogens with one attached hydrogen (secondary N) is 3. The number of hydrogen-bond acceptors (Lipinski definition) is 11. The maximum absolute atomic E-state index is 14.7. The van der Waals surface area contributed by atoms with E-state index >= 15 is 0 Å². The molecule has 0 spiro atoms. The highest BCUT2D eigenvalue weighted by atomic mass is 32.2. The van der Waals surface area contributed by atoms with Crippen molar-refractivity contribution in [2.45, 2.75) is 121 Å². The van der Waals surface area contributed by atoms with Crippen LogP contribution in [-0.4, -0.2) is 106 Å². The number of ether oxygens (including phenoxy) is 2. The Labute approximate surface area is 381 Å². The Balaban J connectivity index is 1.21. The summed E-state index contributed by atoms with van der Waals surface area (Å²) in [5.74, 6) is -3.99. The molecule has 4 aromatic rings. The molecule has 2 aromatic heterocycles. The number of halogens is 2.